The molecule has 3 N–H and O–H groups in total. The Labute approximate surface area is 92.6 Å². The number of hydrogen-bond acceptors (Lipinski definition) is 4. The van der Waals surface area contributed by atoms with Crippen LogP contribution in [0.25, 0.3) is 0 Å². The summed E-state index contributed by atoms with van der Waals surface area (Å²) in [7, 11) is 0. The van der Waals surface area contributed by atoms with Crippen LogP contribution in [-0.2, 0) is 4.74 Å². The van der Waals surface area contributed by atoms with E-state index in [1.54, 1.807) is 0 Å². The van der Waals surface area contributed by atoms with E-state index in [4.69, 9.17) is 14.9 Å². The molecule has 0 fully saturated rings. The van der Waals surface area contributed by atoms with E-state index < -0.39 is 5.54 Å². The summed E-state index contributed by atoms with van der Waals surface area (Å²) >= 11 is 0. The van der Waals surface area contributed by atoms with Gasteiger partial charge in [0.15, 0.2) is 0 Å². The van der Waals surface area contributed by atoms with Crippen molar-refractivity contribution in [1.29, 1.82) is 0 Å². The zero-order chi connectivity index (χ0) is 11.7. The number of ether oxygens (including phenoxy) is 1. The second-order valence-corrected chi connectivity index (χ2v) is 4.35. The number of aliphatic hydroxyl groups is 2. The standard InChI is InChI=1S/C11H25NO3/c1-4-11(8-13,9-14)12-5-6-15-7-10(2)3/h10,12-14H,4-9H2,1-3H3. The number of nitrogens with one attached hydrogen (secondary N) is 1. The molecule has 0 radical (unpaired) electrons. The molecule has 0 spiro atoms. The molecule has 0 aliphatic rings. The fourth-order valence-corrected chi connectivity index (χ4v) is 1.22. The van der Waals surface area contributed by atoms with E-state index in [2.05, 4.69) is 19.2 Å². The summed E-state index contributed by atoms with van der Waals surface area (Å²) in [4.78, 5) is 0. The molecule has 0 amide bonds. The van der Waals surface area contributed by atoms with Crippen LogP contribution in [0, 0.1) is 5.92 Å². The predicted octanol–water partition coefficient (Wildman–Crippen LogP) is 0.382. The van der Waals surface area contributed by atoms with Crippen LogP contribution in [0.1, 0.15) is 27.2 Å². The zero-order valence-electron chi connectivity index (χ0n) is 10.1. The van der Waals surface area contributed by atoms with Crippen molar-refractivity contribution in [2.24, 2.45) is 5.92 Å². The Kier molecular flexibility index (Phi) is 7.96. The number of rotatable bonds is 9. The molecule has 0 atom stereocenters. The topological polar surface area (TPSA) is 61.7 Å². The molecule has 4 heteroatoms. The largest absolute Gasteiger partial charge is 0.394 e. The Morgan fingerprint density at radius 2 is 1.87 bits per heavy atom. The van der Waals surface area contributed by atoms with Crippen molar-refractivity contribution in [3.63, 3.8) is 0 Å². The Morgan fingerprint density at radius 1 is 1.27 bits per heavy atom. The fourth-order valence-electron chi connectivity index (χ4n) is 1.22. The zero-order valence-corrected chi connectivity index (χ0v) is 10.1. The molecule has 0 aliphatic heterocycles. The summed E-state index contributed by atoms with van der Waals surface area (Å²) < 4.78 is 5.40. The minimum absolute atomic E-state index is 0.0514. The van der Waals surface area contributed by atoms with Crippen molar-refractivity contribution >= 4 is 0 Å². The van der Waals surface area contributed by atoms with Gasteiger partial charge in [-0.2, -0.15) is 0 Å². The van der Waals surface area contributed by atoms with Crippen LogP contribution in [0.15, 0.2) is 0 Å². The summed E-state index contributed by atoms with van der Waals surface area (Å²) in [6, 6.07) is 0. The third-order valence-electron chi connectivity index (χ3n) is 2.48. The molecule has 0 aromatic heterocycles. The lowest BCUT2D eigenvalue weighted by Crippen LogP contribution is -2.52. The van der Waals surface area contributed by atoms with Gasteiger partial charge in [0.1, 0.15) is 0 Å². The molecule has 4 nitrogen and oxygen atoms in total. The minimum Gasteiger partial charge on any atom is -0.394 e. The molecule has 0 aromatic rings. The van der Waals surface area contributed by atoms with Crippen LogP contribution in [0.3, 0.4) is 0 Å². The second-order valence-electron chi connectivity index (χ2n) is 4.35. The van der Waals surface area contributed by atoms with Gasteiger partial charge in [-0.25, -0.2) is 0 Å². The lowest BCUT2D eigenvalue weighted by Gasteiger charge is -2.29. The van der Waals surface area contributed by atoms with E-state index in [9.17, 15) is 0 Å². The van der Waals surface area contributed by atoms with Crippen molar-refractivity contribution in [2.75, 3.05) is 33.0 Å². The molecular weight excluding hydrogens is 194 g/mol. The van der Waals surface area contributed by atoms with Crippen molar-refractivity contribution in [3.05, 3.63) is 0 Å². The molecule has 0 rings (SSSR count). The summed E-state index contributed by atoms with van der Waals surface area (Å²) in [5.41, 5.74) is -0.554. The van der Waals surface area contributed by atoms with Crippen molar-refractivity contribution in [1.82, 2.24) is 5.32 Å². The lowest BCUT2D eigenvalue weighted by atomic mass is 9.99. The van der Waals surface area contributed by atoms with E-state index in [0.717, 1.165) is 6.61 Å². The Balaban J connectivity index is 3.63. The molecule has 0 saturated carbocycles. The molecule has 0 saturated heterocycles. The first-order valence-electron chi connectivity index (χ1n) is 5.64. The van der Waals surface area contributed by atoms with Crippen molar-refractivity contribution in [3.8, 4) is 0 Å². The maximum absolute atomic E-state index is 9.16. The van der Waals surface area contributed by atoms with Gasteiger partial charge in [0.2, 0.25) is 0 Å². The smallest absolute Gasteiger partial charge is 0.0646 e. The van der Waals surface area contributed by atoms with Crippen LogP contribution >= 0.6 is 0 Å². The third kappa shape index (κ3) is 6.10. The van der Waals surface area contributed by atoms with E-state index >= 15 is 0 Å². The van der Waals surface area contributed by atoms with E-state index in [1.807, 2.05) is 6.92 Å². The first kappa shape index (κ1) is 14.8. The normalized spacial score (nSPS) is 12.4. The molecule has 15 heavy (non-hydrogen) atoms. The summed E-state index contributed by atoms with van der Waals surface area (Å²) in [6.07, 6.45) is 0.699. The van der Waals surface area contributed by atoms with Crippen LogP contribution in [0.4, 0.5) is 0 Å². The monoisotopic (exact) mass is 219 g/mol. The van der Waals surface area contributed by atoms with Crippen LogP contribution in [0.2, 0.25) is 0 Å². The van der Waals surface area contributed by atoms with Gasteiger partial charge in [-0.15, -0.1) is 0 Å². The van der Waals surface area contributed by atoms with Crippen molar-refractivity contribution < 1.29 is 14.9 Å². The molecule has 0 bridgehead atoms. The number of hydrogen-bond donors (Lipinski definition) is 3. The predicted molar refractivity (Wildman–Crippen MR) is 60.9 cm³/mol. The highest BCUT2D eigenvalue weighted by molar-refractivity contribution is 4.84. The van der Waals surface area contributed by atoms with Gasteiger partial charge in [-0.05, 0) is 12.3 Å². The van der Waals surface area contributed by atoms with Gasteiger partial charge in [0.25, 0.3) is 0 Å². The van der Waals surface area contributed by atoms with Gasteiger partial charge in [-0.3, -0.25) is 0 Å². The minimum atomic E-state index is -0.554. The maximum atomic E-state index is 9.16. The first-order chi connectivity index (χ1) is 7.10. The molecule has 0 unspecified atom stereocenters. The highest BCUT2D eigenvalue weighted by Gasteiger charge is 2.25. The molecular formula is C11H25NO3. The van der Waals surface area contributed by atoms with Crippen LogP contribution in [0.5, 0.6) is 0 Å². The Bertz CT molecular complexity index is 139. The van der Waals surface area contributed by atoms with Gasteiger partial charge in [-0.1, -0.05) is 20.8 Å². The first-order valence-corrected chi connectivity index (χ1v) is 5.64. The van der Waals surface area contributed by atoms with E-state index in [1.165, 1.54) is 0 Å². The van der Waals surface area contributed by atoms with E-state index in [-0.39, 0.29) is 13.2 Å². The fraction of sp³-hybridized carbons (Fsp3) is 1.00. The summed E-state index contributed by atoms with van der Waals surface area (Å²) in [5, 5.41) is 21.4. The third-order valence-corrected chi connectivity index (χ3v) is 2.48. The highest BCUT2D eigenvalue weighted by Crippen LogP contribution is 2.07. The van der Waals surface area contributed by atoms with Crippen LogP contribution < -0.4 is 5.32 Å². The average Bonchev–Trinajstić information content (AvgIpc) is 2.24. The molecule has 0 aliphatic carbocycles. The summed E-state index contributed by atoms with van der Waals surface area (Å²) in [5.74, 6) is 0.539. The second kappa shape index (κ2) is 8.05. The van der Waals surface area contributed by atoms with Gasteiger partial charge < -0.3 is 20.3 Å². The lowest BCUT2D eigenvalue weighted by molar-refractivity contribution is 0.0668. The summed E-state index contributed by atoms with van der Waals surface area (Å²) in [6.45, 7) is 8.06. The average molecular weight is 219 g/mol. The van der Waals surface area contributed by atoms with Gasteiger partial charge in [0, 0.05) is 13.2 Å². The Hall–Kier alpha value is -0.160. The van der Waals surface area contributed by atoms with Gasteiger partial charge in [0.05, 0.1) is 25.4 Å². The molecule has 0 heterocycles. The molecule has 92 valence electrons. The van der Waals surface area contributed by atoms with Crippen molar-refractivity contribution in [2.45, 2.75) is 32.7 Å². The number of aliphatic hydroxyl groups excluding tert-OH is 2. The van der Waals surface area contributed by atoms with Gasteiger partial charge >= 0.3 is 0 Å². The molecule has 0 aromatic carbocycles. The Morgan fingerprint density at radius 3 is 2.27 bits per heavy atom. The highest BCUT2D eigenvalue weighted by atomic mass is 16.5. The van der Waals surface area contributed by atoms with Crippen LogP contribution in [-0.4, -0.2) is 48.7 Å². The van der Waals surface area contributed by atoms with E-state index in [0.29, 0.717) is 25.5 Å². The quantitative estimate of drug-likeness (QED) is 0.491. The maximum Gasteiger partial charge on any atom is 0.0646 e. The SMILES string of the molecule is CCC(CO)(CO)NCCOCC(C)C.